The number of carboxylic acid groups (broad SMARTS) is 1. The number of carboxylic acids is 1. The van der Waals surface area contributed by atoms with Crippen LogP contribution in [0.15, 0.2) is 48.5 Å². The van der Waals surface area contributed by atoms with E-state index in [0.717, 1.165) is 12.3 Å². The number of fused-ring (bicyclic) bond motifs is 1. The zero-order valence-corrected chi connectivity index (χ0v) is 20.6. The molecule has 3 rings (SSSR count). The van der Waals surface area contributed by atoms with E-state index < -0.39 is 5.97 Å². The molecule has 0 saturated heterocycles. The summed E-state index contributed by atoms with van der Waals surface area (Å²) in [7, 11) is 0. The Kier molecular flexibility index (Phi) is 12.1. The molecule has 1 heterocycles. The van der Waals surface area contributed by atoms with Crippen LogP contribution in [0.4, 0.5) is 0 Å². The van der Waals surface area contributed by atoms with Crippen molar-refractivity contribution in [1.29, 1.82) is 0 Å². The summed E-state index contributed by atoms with van der Waals surface area (Å²) in [5.41, 5.74) is 7.89. The van der Waals surface area contributed by atoms with Gasteiger partial charge in [0.1, 0.15) is 11.4 Å². The summed E-state index contributed by atoms with van der Waals surface area (Å²) in [6.45, 7) is 10.0. The molecule has 0 aliphatic carbocycles. The van der Waals surface area contributed by atoms with Gasteiger partial charge in [0.25, 0.3) is 0 Å². The molecule has 3 aromatic rings. The summed E-state index contributed by atoms with van der Waals surface area (Å²) in [6, 6.07) is 13.8. The Morgan fingerprint density at radius 3 is 2.26 bits per heavy atom. The highest BCUT2D eigenvalue weighted by Crippen LogP contribution is 2.20. The average molecular weight is 463 g/mol. The minimum absolute atomic E-state index is 0.0385. The molecular formula is C28H34N2O4. The van der Waals surface area contributed by atoms with E-state index in [4.69, 9.17) is 10.8 Å². The van der Waals surface area contributed by atoms with Crippen molar-refractivity contribution in [3.05, 3.63) is 70.9 Å². The highest BCUT2D eigenvalue weighted by Gasteiger charge is 2.14. The van der Waals surface area contributed by atoms with Crippen molar-refractivity contribution in [2.45, 2.75) is 47.5 Å². The first-order valence-corrected chi connectivity index (χ1v) is 11.4. The van der Waals surface area contributed by atoms with Crippen LogP contribution >= 0.6 is 0 Å². The molecule has 180 valence electrons. The monoisotopic (exact) mass is 462 g/mol. The zero-order valence-electron chi connectivity index (χ0n) is 20.6. The Hall–Kier alpha value is -3.69. The Bertz CT molecular complexity index is 1160. The Morgan fingerprint density at radius 2 is 1.74 bits per heavy atom. The van der Waals surface area contributed by atoms with Gasteiger partial charge in [0.2, 0.25) is 0 Å². The number of hydrogen-bond donors (Lipinski definition) is 3. The summed E-state index contributed by atoms with van der Waals surface area (Å²) in [4.78, 5) is 26.9. The maximum atomic E-state index is 11.4. The zero-order chi connectivity index (χ0) is 25.7. The SMILES string of the molecule is CC.CC(=O)c1cc(C(=O)O)c2cc(C#CCN)ccc2n1.CCC(C)Cc1ccc(O)cc1. The summed E-state index contributed by atoms with van der Waals surface area (Å²) in [5, 5.41) is 18.8. The molecular weight excluding hydrogens is 428 g/mol. The number of pyridine rings is 1. The molecule has 1 atom stereocenters. The van der Waals surface area contributed by atoms with Gasteiger partial charge in [0.05, 0.1) is 17.6 Å². The Morgan fingerprint density at radius 1 is 1.09 bits per heavy atom. The van der Waals surface area contributed by atoms with E-state index in [-0.39, 0.29) is 23.6 Å². The van der Waals surface area contributed by atoms with Gasteiger partial charge in [-0.05, 0) is 54.3 Å². The molecule has 0 aliphatic heterocycles. The van der Waals surface area contributed by atoms with Gasteiger partial charge in [0, 0.05) is 17.9 Å². The third kappa shape index (κ3) is 8.68. The minimum Gasteiger partial charge on any atom is -0.508 e. The molecule has 1 unspecified atom stereocenters. The van der Waals surface area contributed by atoms with Crippen LogP contribution in [-0.4, -0.2) is 33.5 Å². The van der Waals surface area contributed by atoms with Gasteiger partial charge in [-0.15, -0.1) is 0 Å². The van der Waals surface area contributed by atoms with Gasteiger partial charge < -0.3 is 15.9 Å². The summed E-state index contributed by atoms with van der Waals surface area (Å²) in [6.07, 6.45) is 2.32. The lowest BCUT2D eigenvalue weighted by molar-refractivity contribution is 0.0699. The van der Waals surface area contributed by atoms with Crippen molar-refractivity contribution >= 4 is 22.7 Å². The lowest BCUT2D eigenvalue weighted by Gasteiger charge is -2.07. The van der Waals surface area contributed by atoms with E-state index in [1.165, 1.54) is 25.0 Å². The molecule has 0 aliphatic rings. The quantitative estimate of drug-likeness (QED) is 0.343. The second-order valence-corrected chi connectivity index (χ2v) is 7.54. The Labute approximate surface area is 201 Å². The van der Waals surface area contributed by atoms with Crippen molar-refractivity contribution in [2.24, 2.45) is 11.7 Å². The van der Waals surface area contributed by atoms with Crippen LogP contribution in [-0.2, 0) is 6.42 Å². The summed E-state index contributed by atoms with van der Waals surface area (Å²) < 4.78 is 0. The van der Waals surface area contributed by atoms with Gasteiger partial charge in [-0.2, -0.15) is 0 Å². The molecule has 34 heavy (non-hydrogen) atoms. The molecule has 0 radical (unpaired) electrons. The number of aromatic nitrogens is 1. The van der Waals surface area contributed by atoms with E-state index >= 15 is 0 Å². The maximum Gasteiger partial charge on any atom is 0.336 e. The predicted molar refractivity (Wildman–Crippen MR) is 137 cm³/mol. The van der Waals surface area contributed by atoms with E-state index in [1.807, 2.05) is 26.0 Å². The number of ketones is 1. The topological polar surface area (TPSA) is 114 Å². The van der Waals surface area contributed by atoms with Crippen LogP contribution in [0.3, 0.4) is 0 Å². The van der Waals surface area contributed by atoms with Crippen molar-refractivity contribution in [2.75, 3.05) is 6.54 Å². The first kappa shape index (κ1) is 28.3. The molecule has 0 spiro atoms. The van der Waals surface area contributed by atoms with Crippen LogP contribution in [0.25, 0.3) is 10.9 Å². The van der Waals surface area contributed by atoms with Crippen LogP contribution in [0, 0.1) is 17.8 Å². The van der Waals surface area contributed by atoms with Gasteiger partial charge in [-0.3, -0.25) is 4.79 Å². The number of nitrogens with zero attached hydrogens (tertiary/aromatic N) is 1. The molecule has 4 N–H and O–H groups in total. The standard InChI is InChI=1S/C15H12N2O3.C11H16O.C2H6/c1-9(18)14-8-12(15(19)20)11-7-10(3-2-6-16)4-5-13(11)17-14;1-3-9(2)8-10-4-6-11(12)7-5-10;1-2/h4-5,7-8H,6,16H2,1H3,(H,19,20);4-7,9,12H,3,8H2,1-2H3;1-2H3. The van der Waals surface area contributed by atoms with Crippen LogP contribution in [0.1, 0.15) is 73.0 Å². The molecule has 0 fully saturated rings. The lowest BCUT2D eigenvalue weighted by Crippen LogP contribution is -2.05. The molecule has 6 nitrogen and oxygen atoms in total. The number of aromatic carboxylic acids is 1. The largest absolute Gasteiger partial charge is 0.508 e. The molecule has 6 heteroatoms. The van der Waals surface area contributed by atoms with Crippen molar-refractivity contribution in [1.82, 2.24) is 4.98 Å². The number of nitrogens with two attached hydrogens (primary N) is 1. The Balaban J connectivity index is 0.000000353. The van der Waals surface area contributed by atoms with Gasteiger partial charge in [-0.25, -0.2) is 9.78 Å². The number of carbonyl (C=O) groups excluding carboxylic acids is 1. The normalized spacial score (nSPS) is 10.5. The fourth-order valence-electron chi connectivity index (χ4n) is 2.99. The fourth-order valence-corrected chi connectivity index (χ4v) is 2.99. The first-order valence-electron chi connectivity index (χ1n) is 11.4. The fraction of sp³-hybridized carbons (Fsp3) is 0.321. The van der Waals surface area contributed by atoms with E-state index in [0.29, 0.717) is 22.2 Å². The number of aromatic hydroxyl groups is 1. The van der Waals surface area contributed by atoms with Crippen LogP contribution < -0.4 is 5.73 Å². The number of phenols is 1. The second-order valence-electron chi connectivity index (χ2n) is 7.54. The number of phenolic OH excluding ortho intramolecular Hbond substituents is 1. The van der Waals surface area contributed by atoms with E-state index in [1.54, 1.807) is 30.3 Å². The highest BCUT2D eigenvalue weighted by molar-refractivity contribution is 6.06. The molecule has 0 amide bonds. The van der Waals surface area contributed by atoms with Crippen molar-refractivity contribution < 1.29 is 19.8 Å². The summed E-state index contributed by atoms with van der Waals surface area (Å²) in [5.74, 6) is 5.24. The lowest BCUT2D eigenvalue weighted by atomic mass is 9.99. The van der Waals surface area contributed by atoms with Gasteiger partial charge in [-0.1, -0.05) is 58.1 Å². The number of benzene rings is 2. The number of Topliss-reactive ketones (excluding diaryl/α,β-unsaturated/α-hetero) is 1. The summed E-state index contributed by atoms with van der Waals surface area (Å²) >= 11 is 0. The molecule has 0 bridgehead atoms. The highest BCUT2D eigenvalue weighted by atomic mass is 16.4. The first-order chi connectivity index (χ1) is 16.2. The number of carbonyl (C=O) groups is 2. The minimum atomic E-state index is -1.11. The molecule has 2 aromatic carbocycles. The third-order valence-electron chi connectivity index (χ3n) is 4.95. The third-order valence-corrected chi connectivity index (χ3v) is 4.95. The average Bonchev–Trinajstić information content (AvgIpc) is 2.84. The van der Waals surface area contributed by atoms with Gasteiger partial charge in [0.15, 0.2) is 5.78 Å². The van der Waals surface area contributed by atoms with E-state index in [9.17, 15) is 14.7 Å². The predicted octanol–water partition coefficient (Wildman–Crippen LogP) is 5.45. The number of rotatable bonds is 5. The number of hydrogen-bond acceptors (Lipinski definition) is 5. The maximum absolute atomic E-state index is 11.4. The van der Waals surface area contributed by atoms with Crippen molar-refractivity contribution in [3.8, 4) is 17.6 Å². The molecule has 1 aromatic heterocycles. The second kappa shape index (κ2) is 14.5. The van der Waals surface area contributed by atoms with E-state index in [2.05, 4.69) is 30.7 Å². The smallest absolute Gasteiger partial charge is 0.336 e. The van der Waals surface area contributed by atoms with Gasteiger partial charge >= 0.3 is 5.97 Å². The van der Waals surface area contributed by atoms with Crippen LogP contribution in [0.5, 0.6) is 5.75 Å². The van der Waals surface area contributed by atoms with Crippen LogP contribution in [0.2, 0.25) is 0 Å². The molecule has 0 saturated carbocycles. The van der Waals surface area contributed by atoms with Crippen molar-refractivity contribution in [3.63, 3.8) is 0 Å².